The molecule has 1 aliphatic rings. The number of likely N-dealkylation sites (tertiary alicyclic amines) is 1. The number of hydrazone groups is 1. The lowest BCUT2D eigenvalue weighted by molar-refractivity contribution is -0.129. The van der Waals surface area contributed by atoms with Crippen molar-refractivity contribution >= 4 is 18.0 Å². The van der Waals surface area contributed by atoms with E-state index in [1.807, 2.05) is 0 Å². The standard InChI is InChI=1S/C17H17N3O4/c21-14-5-3-12(4-6-14)9-18-19-17(23)13-8-16(22)20(10-13)11-15-2-1-7-24-15/h1-7,9,13,21H,8,10-11H2,(H,19,23)/b18-9+. The maximum atomic E-state index is 12.1. The summed E-state index contributed by atoms with van der Waals surface area (Å²) in [6.45, 7) is 0.715. The molecule has 24 heavy (non-hydrogen) atoms. The number of phenols is 1. The summed E-state index contributed by atoms with van der Waals surface area (Å²) in [5, 5.41) is 13.1. The molecule has 2 N–H and O–H groups in total. The summed E-state index contributed by atoms with van der Waals surface area (Å²) in [5.74, 6) is 0.0610. The zero-order valence-corrected chi connectivity index (χ0v) is 12.9. The zero-order chi connectivity index (χ0) is 16.9. The highest BCUT2D eigenvalue weighted by Crippen LogP contribution is 2.20. The van der Waals surface area contributed by atoms with Gasteiger partial charge in [-0.05, 0) is 42.0 Å². The first-order valence-electron chi connectivity index (χ1n) is 7.54. The molecule has 124 valence electrons. The van der Waals surface area contributed by atoms with Gasteiger partial charge in [0, 0.05) is 13.0 Å². The molecule has 0 radical (unpaired) electrons. The van der Waals surface area contributed by atoms with E-state index in [0.717, 1.165) is 5.56 Å². The minimum atomic E-state index is -0.426. The van der Waals surface area contributed by atoms with Crippen molar-refractivity contribution in [3.8, 4) is 5.75 Å². The molecule has 1 aliphatic heterocycles. The van der Waals surface area contributed by atoms with Crippen molar-refractivity contribution in [2.75, 3.05) is 6.54 Å². The van der Waals surface area contributed by atoms with Crippen LogP contribution in [0.25, 0.3) is 0 Å². The molecule has 0 spiro atoms. The lowest BCUT2D eigenvalue weighted by Crippen LogP contribution is -2.30. The van der Waals surface area contributed by atoms with E-state index in [0.29, 0.717) is 18.8 Å². The molecular weight excluding hydrogens is 310 g/mol. The van der Waals surface area contributed by atoms with Crippen LogP contribution >= 0.6 is 0 Å². The van der Waals surface area contributed by atoms with Crippen LogP contribution < -0.4 is 5.43 Å². The van der Waals surface area contributed by atoms with E-state index in [1.54, 1.807) is 35.4 Å². The number of furan rings is 1. The van der Waals surface area contributed by atoms with Crippen molar-refractivity contribution in [2.45, 2.75) is 13.0 Å². The number of nitrogens with one attached hydrogen (secondary N) is 1. The number of aromatic hydroxyl groups is 1. The third-order valence-electron chi connectivity index (χ3n) is 3.79. The van der Waals surface area contributed by atoms with Gasteiger partial charge in [0.15, 0.2) is 0 Å². The average Bonchev–Trinajstić information content (AvgIpc) is 3.20. The van der Waals surface area contributed by atoms with Crippen LogP contribution in [-0.2, 0) is 16.1 Å². The molecule has 1 atom stereocenters. The molecule has 7 nitrogen and oxygen atoms in total. The van der Waals surface area contributed by atoms with Crippen LogP contribution in [0.3, 0.4) is 0 Å². The average molecular weight is 327 g/mol. The first-order chi connectivity index (χ1) is 11.6. The minimum absolute atomic E-state index is 0.0749. The summed E-state index contributed by atoms with van der Waals surface area (Å²) in [7, 11) is 0. The van der Waals surface area contributed by atoms with Gasteiger partial charge in [0.2, 0.25) is 11.8 Å². The predicted octanol–water partition coefficient (Wildman–Crippen LogP) is 1.48. The van der Waals surface area contributed by atoms with E-state index in [-0.39, 0.29) is 24.0 Å². The van der Waals surface area contributed by atoms with Crippen molar-refractivity contribution in [2.24, 2.45) is 11.0 Å². The Kier molecular flexibility index (Phi) is 4.60. The van der Waals surface area contributed by atoms with Crippen LogP contribution in [0.15, 0.2) is 52.2 Å². The van der Waals surface area contributed by atoms with E-state index in [2.05, 4.69) is 10.5 Å². The van der Waals surface area contributed by atoms with Crippen molar-refractivity contribution < 1.29 is 19.1 Å². The maximum absolute atomic E-state index is 12.1. The Hall–Kier alpha value is -3.09. The van der Waals surface area contributed by atoms with Gasteiger partial charge in [-0.1, -0.05) is 0 Å². The summed E-state index contributed by atoms with van der Waals surface area (Å²) in [4.78, 5) is 25.7. The smallest absolute Gasteiger partial charge is 0.245 e. The second kappa shape index (κ2) is 6.99. The van der Waals surface area contributed by atoms with E-state index in [1.165, 1.54) is 18.3 Å². The number of carbonyl (C=O) groups excluding carboxylic acids is 2. The first-order valence-corrected chi connectivity index (χ1v) is 7.54. The Morgan fingerprint density at radius 2 is 2.17 bits per heavy atom. The van der Waals surface area contributed by atoms with Crippen LogP contribution in [-0.4, -0.2) is 34.6 Å². The maximum Gasteiger partial charge on any atom is 0.245 e. The molecule has 2 amide bonds. The number of carbonyl (C=O) groups is 2. The third kappa shape index (κ3) is 3.81. The van der Waals surface area contributed by atoms with Gasteiger partial charge in [0.05, 0.1) is 24.9 Å². The van der Waals surface area contributed by atoms with Crippen LogP contribution in [0.4, 0.5) is 0 Å². The van der Waals surface area contributed by atoms with Gasteiger partial charge in [-0.2, -0.15) is 5.10 Å². The number of amides is 2. The van der Waals surface area contributed by atoms with E-state index < -0.39 is 5.92 Å². The molecule has 0 saturated carbocycles. The lowest BCUT2D eigenvalue weighted by atomic mass is 10.1. The zero-order valence-electron chi connectivity index (χ0n) is 12.9. The van der Waals surface area contributed by atoms with Gasteiger partial charge in [-0.25, -0.2) is 5.43 Å². The Morgan fingerprint density at radius 3 is 2.88 bits per heavy atom. The van der Waals surface area contributed by atoms with Gasteiger partial charge < -0.3 is 14.4 Å². The van der Waals surface area contributed by atoms with Gasteiger partial charge >= 0.3 is 0 Å². The quantitative estimate of drug-likeness (QED) is 0.642. The number of benzene rings is 1. The number of nitrogens with zero attached hydrogens (tertiary/aromatic N) is 2. The molecule has 2 heterocycles. The molecule has 3 rings (SSSR count). The highest BCUT2D eigenvalue weighted by atomic mass is 16.3. The third-order valence-corrected chi connectivity index (χ3v) is 3.79. The van der Waals surface area contributed by atoms with Crippen molar-refractivity contribution in [3.05, 3.63) is 54.0 Å². The van der Waals surface area contributed by atoms with E-state index >= 15 is 0 Å². The largest absolute Gasteiger partial charge is 0.508 e. The fraction of sp³-hybridized carbons (Fsp3) is 0.235. The molecule has 2 aromatic rings. The monoisotopic (exact) mass is 327 g/mol. The highest BCUT2D eigenvalue weighted by Gasteiger charge is 2.34. The van der Waals surface area contributed by atoms with E-state index in [4.69, 9.17) is 4.42 Å². The summed E-state index contributed by atoms with van der Waals surface area (Å²) in [6, 6.07) is 9.97. The second-order valence-electron chi connectivity index (χ2n) is 5.58. The molecule has 1 aromatic carbocycles. The molecule has 1 unspecified atom stereocenters. The van der Waals surface area contributed by atoms with Crippen LogP contribution in [0.1, 0.15) is 17.7 Å². The van der Waals surface area contributed by atoms with Crippen molar-refractivity contribution in [1.29, 1.82) is 0 Å². The molecule has 7 heteroatoms. The number of hydrogen-bond donors (Lipinski definition) is 2. The van der Waals surface area contributed by atoms with Gasteiger partial charge in [-0.3, -0.25) is 9.59 Å². The molecule has 1 aromatic heterocycles. The fourth-order valence-corrected chi connectivity index (χ4v) is 2.51. The van der Waals surface area contributed by atoms with E-state index in [9.17, 15) is 14.7 Å². The molecule has 1 saturated heterocycles. The first kappa shape index (κ1) is 15.8. The normalized spacial score (nSPS) is 17.6. The van der Waals surface area contributed by atoms with Gasteiger partial charge in [-0.15, -0.1) is 0 Å². The Labute approximate surface area is 138 Å². The lowest BCUT2D eigenvalue weighted by Gasteiger charge is -2.14. The summed E-state index contributed by atoms with van der Waals surface area (Å²) in [5.41, 5.74) is 3.20. The molecule has 0 bridgehead atoms. The SMILES string of the molecule is O=C(N/N=C/c1ccc(O)cc1)C1CC(=O)N(Cc2ccco2)C1. The van der Waals surface area contributed by atoms with Gasteiger partial charge in [0.25, 0.3) is 0 Å². The molecule has 0 aliphatic carbocycles. The number of phenolic OH excluding ortho intramolecular Hbond substituents is 1. The Bertz CT molecular complexity index is 738. The molecular formula is C17H17N3O4. The van der Waals surface area contributed by atoms with Crippen LogP contribution in [0.5, 0.6) is 5.75 Å². The molecule has 1 fully saturated rings. The summed E-state index contributed by atoms with van der Waals surface area (Å²) in [6.07, 6.45) is 3.20. The second-order valence-corrected chi connectivity index (χ2v) is 5.58. The Morgan fingerprint density at radius 1 is 1.38 bits per heavy atom. The predicted molar refractivity (Wildman–Crippen MR) is 86.1 cm³/mol. The van der Waals surface area contributed by atoms with Crippen LogP contribution in [0.2, 0.25) is 0 Å². The van der Waals surface area contributed by atoms with Crippen molar-refractivity contribution in [3.63, 3.8) is 0 Å². The summed E-state index contributed by atoms with van der Waals surface area (Å²) >= 11 is 0. The Balaban J connectivity index is 1.52. The van der Waals surface area contributed by atoms with Crippen molar-refractivity contribution in [1.82, 2.24) is 10.3 Å². The fourth-order valence-electron chi connectivity index (χ4n) is 2.51. The number of rotatable bonds is 5. The van der Waals surface area contributed by atoms with Crippen LogP contribution in [0, 0.1) is 5.92 Å². The minimum Gasteiger partial charge on any atom is -0.508 e. The summed E-state index contributed by atoms with van der Waals surface area (Å²) < 4.78 is 5.23. The number of hydrogen-bond acceptors (Lipinski definition) is 5. The highest BCUT2D eigenvalue weighted by molar-refractivity contribution is 5.90. The topological polar surface area (TPSA) is 95.1 Å². The van der Waals surface area contributed by atoms with Gasteiger partial charge in [0.1, 0.15) is 11.5 Å².